The fraction of sp³-hybridized carbons (Fsp3) is 0.182. The number of aryl methyl sites for hydroxylation is 1. The predicted octanol–water partition coefficient (Wildman–Crippen LogP) is 3.03. The second-order valence-electron chi connectivity index (χ2n) is 2.97. The number of hydrogen-bond donors (Lipinski definition) is 0. The van der Waals surface area contributed by atoms with E-state index in [-0.39, 0.29) is 12.0 Å². The minimum Gasteiger partial charge on any atom is -0.294 e. The third-order valence-electron chi connectivity index (χ3n) is 1.89. The Morgan fingerprint density at radius 1 is 1.50 bits per heavy atom. The van der Waals surface area contributed by atoms with E-state index in [0.717, 1.165) is 6.07 Å². The number of carbonyl (C=O) groups is 1. The molecule has 0 unspecified atom stereocenters. The van der Waals surface area contributed by atoms with Crippen molar-refractivity contribution in [3.8, 4) is 0 Å². The van der Waals surface area contributed by atoms with Gasteiger partial charge in [-0.05, 0) is 18.6 Å². The van der Waals surface area contributed by atoms with Gasteiger partial charge in [-0.3, -0.25) is 4.79 Å². The summed E-state index contributed by atoms with van der Waals surface area (Å²) in [7, 11) is 0. The normalized spacial score (nSPS) is 9.93. The van der Waals surface area contributed by atoms with Crippen LogP contribution in [0.3, 0.4) is 0 Å². The summed E-state index contributed by atoms with van der Waals surface area (Å²) in [5, 5.41) is 0. The summed E-state index contributed by atoms with van der Waals surface area (Å²) in [5.41, 5.74) is -0.205. The van der Waals surface area contributed by atoms with Gasteiger partial charge < -0.3 is 0 Å². The molecular formula is C11H10F2O. The lowest BCUT2D eigenvalue weighted by molar-refractivity contribution is 0.0987. The summed E-state index contributed by atoms with van der Waals surface area (Å²) in [6.07, 6.45) is 1.26. The summed E-state index contributed by atoms with van der Waals surface area (Å²) >= 11 is 0. The van der Waals surface area contributed by atoms with Crippen molar-refractivity contribution in [2.75, 3.05) is 0 Å². The molecule has 3 heteroatoms. The number of allylic oxidation sites excluding steroid dienone is 1. The molecule has 1 rings (SSSR count). The van der Waals surface area contributed by atoms with E-state index in [0.29, 0.717) is 0 Å². The summed E-state index contributed by atoms with van der Waals surface area (Å²) in [6, 6.07) is 2.39. The zero-order valence-electron chi connectivity index (χ0n) is 7.81. The highest BCUT2D eigenvalue weighted by atomic mass is 19.1. The van der Waals surface area contributed by atoms with Gasteiger partial charge in [0.05, 0.1) is 5.56 Å². The van der Waals surface area contributed by atoms with Crippen molar-refractivity contribution >= 4 is 5.78 Å². The molecule has 0 saturated carbocycles. The van der Waals surface area contributed by atoms with Crippen LogP contribution in [0.15, 0.2) is 24.8 Å². The lowest BCUT2D eigenvalue weighted by Gasteiger charge is -2.04. The van der Waals surface area contributed by atoms with Gasteiger partial charge in [-0.1, -0.05) is 12.1 Å². The molecule has 0 saturated heterocycles. The first-order valence-corrected chi connectivity index (χ1v) is 4.16. The molecule has 0 N–H and O–H groups in total. The van der Waals surface area contributed by atoms with Gasteiger partial charge in [0.25, 0.3) is 0 Å². The standard InChI is InChI=1S/C11H10F2O/c1-3-4-9(14)10-8(12)6-5-7(2)11(10)13/h3,5-6H,1,4H2,2H3. The molecule has 0 bridgehead atoms. The van der Waals surface area contributed by atoms with E-state index in [4.69, 9.17) is 0 Å². The maximum atomic E-state index is 13.3. The maximum Gasteiger partial charge on any atom is 0.172 e. The third kappa shape index (κ3) is 1.87. The maximum absolute atomic E-state index is 13.3. The number of Topliss-reactive ketones (excluding diaryl/α,β-unsaturated/α-hetero) is 1. The predicted molar refractivity (Wildman–Crippen MR) is 50.2 cm³/mol. The van der Waals surface area contributed by atoms with Crippen LogP contribution in [0.1, 0.15) is 22.3 Å². The van der Waals surface area contributed by atoms with Crippen LogP contribution in [0.5, 0.6) is 0 Å². The number of hydrogen-bond acceptors (Lipinski definition) is 1. The number of benzene rings is 1. The Morgan fingerprint density at radius 2 is 2.14 bits per heavy atom. The monoisotopic (exact) mass is 196 g/mol. The van der Waals surface area contributed by atoms with Crippen LogP contribution in [0.4, 0.5) is 8.78 Å². The molecular weight excluding hydrogens is 186 g/mol. The number of halogens is 2. The smallest absolute Gasteiger partial charge is 0.172 e. The first kappa shape index (κ1) is 10.6. The Labute approximate surface area is 81.1 Å². The van der Waals surface area contributed by atoms with Gasteiger partial charge in [0, 0.05) is 6.42 Å². The number of carbonyl (C=O) groups excluding carboxylic acids is 1. The second kappa shape index (κ2) is 4.13. The number of rotatable bonds is 3. The molecule has 1 nitrogen and oxygen atoms in total. The van der Waals surface area contributed by atoms with Gasteiger partial charge in [0.2, 0.25) is 0 Å². The van der Waals surface area contributed by atoms with Crippen LogP contribution >= 0.6 is 0 Å². The summed E-state index contributed by atoms with van der Waals surface area (Å²) in [4.78, 5) is 11.3. The molecule has 0 fully saturated rings. The highest BCUT2D eigenvalue weighted by molar-refractivity contribution is 5.97. The molecule has 1 aromatic rings. The molecule has 14 heavy (non-hydrogen) atoms. The SMILES string of the molecule is C=CCC(=O)c1c(F)ccc(C)c1F. The molecule has 0 amide bonds. The molecule has 0 aliphatic heterocycles. The van der Waals surface area contributed by atoms with Crippen LogP contribution in [0.25, 0.3) is 0 Å². The van der Waals surface area contributed by atoms with E-state index in [1.807, 2.05) is 0 Å². The van der Waals surface area contributed by atoms with E-state index in [1.54, 1.807) is 0 Å². The van der Waals surface area contributed by atoms with Gasteiger partial charge in [0.15, 0.2) is 5.78 Å². The summed E-state index contributed by atoms with van der Waals surface area (Å²) in [6.45, 7) is 4.83. The van der Waals surface area contributed by atoms with E-state index in [1.165, 1.54) is 19.1 Å². The summed E-state index contributed by atoms with van der Waals surface area (Å²) < 4.78 is 26.5. The molecule has 1 aromatic carbocycles. The van der Waals surface area contributed by atoms with Crippen molar-refractivity contribution in [3.05, 3.63) is 47.5 Å². The van der Waals surface area contributed by atoms with Crippen molar-refractivity contribution in [2.24, 2.45) is 0 Å². The molecule has 0 radical (unpaired) electrons. The second-order valence-corrected chi connectivity index (χ2v) is 2.97. The van der Waals surface area contributed by atoms with Gasteiger partial charge in [-0.25, -0.2) is 8.78 Å². The fourth-order valence-corrected chi connectivity index (χ4v) is 1.15. The highest BCUT2D eigenvalue weighted by Gasteiger charge is 2.17. The van der Waals surface area contributed by atoms with Crippen LogP contribution < -0.4 is 0 Å². The first-order chi connectivity index (χ1) is 6.57. The molecule has 0 atom stereocenters. The van der Waals surface area contributed by atoms with E-state index in [2.05, 4.69) is 6.58 Å². The minimum absolute atomic E-state index is 0.0582. The van der Waals surface area contributed by atoms with Gasteiger partial charge in [0.1, 0.15) is 11.6 Å². The van der Waals surface area contributed by atoms with E-state index >= 15 is 0 Å². The molecule has 0 aliphatic carbocycles. The lowest BCUT2D eigenvalue weighted by atomic mass is 10.0. The Hall–Kier alpha value is -1.51. The van der Waals surface area contributed by atoms with Crippen molar-refractivity contribution in [3.63, 3.8) is 0 Å². The number of ketones is 1. The lowest BCUT2D eigenvalue weighted by Crippen LogP contribution is -2.06. The Balaban J connectivity index is 3.25. The molecule has 74 valence electrons. The topological polar surface area (TPSA) is 17.1 Å². The van der Waals surface area contributed by atoms with Crippen LogP contribution in [0, 0.1) is 18.6 Å². The summed E-state index contributed by atoms with van der Waals surface area (Å²) in [5.74, 6) is -2.18. The fourth-order valence-electron chi connectivity index (χ4n) is 1.15. The average molecular weight is 196 g/mol. The molecule has 0 aromatic heterocycles. The highest BCUT2D eigenvalue weighted by Crippen LogP contribution is 2.17. The van der Waals surface area contributed by atoms with Crippen LogP contribution in [0.2, 0.25) is 0 Å². The van der Waals surface area contributed by atoms with Crippen LogP contribution in [-0.2, 0) is 0 Å². The van der Waals surface area contributed by atoms with E-state index < -0.39 is 23.0 Å². The Kier molecular flexibility index (Phi) is 3.12. The van der Waals surface area contributed by atoms with Gasteiger partial charge >= 0.3 is 0 Å². The van der Waals surface area contributed by atoms with E-state index in [9.17, 15) is 13.6 Å². The quantitative estimate of drug-likeness (QED) is 0.536. The van der Waals surface area contributed by atoms with Crippen molar-refractivity contribution < 1.29 is 13.6 Å². The van der Waals surface area contributed by atoms with Crippen molar-refractivity contribution in [2.45, 2.75) is 13.3 Å². The largest absolute Gasteiger partial charge is 0.294 e. The molecule has 0 heterocycles. The third-order valence-corrected chi connectivity index (χ3v) is 1.89. The first-order valence-electron chi connectivity index (χ1n) is 4.16. The Bertz CT molecular complexity index is 383. The zero-order chi connectivity index (χ0) is 10.7. The van der Waals surface area contributed by atoms with Crippen molar-refractivity contribution in [1.29, 1.82) is 0 Å². The van der Waals surface area contributed by atoms with Gasteiger partial charge in [-0.2, -0.15) is 0 Å². The average Bonchev–Trinajstić information content (AvgIpc) is 2.13. The van der Waals surface area contributed by atoms with Crippen LogP contribution in [-0.4, -0.2) is 5.78 Å². The molecule has 0 spiro atoms. The zero-order valence-corrected chi connectivity index (χ0v) is 7.81. The minimum atomic E-state index is -0.819. The molecule has 0 aliphatic rings. The van der Waals surface area contributed by atoms with Gasteiger partial charge in [-0.15, -0.1) is 6.58 Å². The Morgan fingerprint density at radius 3 is 2.71 bits per heavy atom. The van der Waals surface area contributed by atoms with Crippen molar-refractivity contribution in [1.82, 2.24) is 0 Å².